The highest BCUT2D eigenvalue weighted by Crippen LogP contribution is 2.29. The van der Waals surface area contributed by atoms with Gasteiger partial charge >= 0.3 is 12.1 Å². The molecule has 0 bridgehead atoms. The van der Waals surface area contributed by atoms with Gasteiger partial charge in [0.15, 0.2) is 6.04 Å². The number of carbonyl (C=O) groups is 2. The van der Waals surface area contributed by atoms with Crippen LogP contribution in [0.1, 0.15) is 15.9 Å². The van der Waals surface area contributed by atoms with Gasteiger partial charge in [0.05, 0.1) is 5.56 Å². The zero-order valence-corrected chi connectivity index (χ0v) is 9.37. The molecule has 0 radical (unpaired) electrons. The summed E-state index contributed by atoms with van der Waals surface area (Å²) in [6, 6.07) is 1.61. The molecule has 1 unspecified atom stereocenters. The number of benzene rings is 1. The number of aliphatic carboxylic acids is 1. The summed E-state index contributed by atoms with van der Waals surface area (Å²) in [6.45, 7) is -1.36. The van der Waals surface area contributed by atoms with Crippen LogP contribution in [-0.4, -0.2) is 29.7 Å². The summed E-state index contributed by atoms with van der Waals surface area (Å²) >= 11 is 0. The standard InChI is InChI=1S/C11H9F4NO3/c12-5-8(10(18)19)16-9(17)6-2-1-3-7(4-6)11(13,14)15/h1-4,8H,5H2,(H,16,17)(H,18,19). The molecule has 0 spiro atoms. The number of rotatable bonds is 4. The van der Waals surface area contributed by atoms with E-state index in [1.54, 1.807) is 5.32 Å². The van der Waals surface area contributed by atoms with Gasteiger partial charge in [-0.2, -0.15) is 13.2 Å². The summed E-state index contributed by atoms with van der Waals surface area (Å²) in [4.78, 5) is 22.0. The van der Waals surface area contributed by atoms with E-state index < -0.39 is 41.9 Å². The first-order valence-corrected chi connectivity index (χ1v) is 5.02. The number of nitrogens with one attached hydrogen (secondary N) is 1. The summed E-state index contributed by atoms with van der Waals surface area (Å²) in [5, 5.41) is 10.3. The third-order valence-electron chi connectivity index (χ3n) is 2.21. The number of halogens is 4. The van der Waals surface area contributed by atoms with E-state index in [-0.39, 0.29) is 0 Å². The molecule has 1 aromatic rings. The topological polar surface area (TPSA) is 66.4 Å². The lowest BCUT2D eigenvalue weighted by atomic mass is 10.1. The molecule has 104 valence electrons. The highest BCUT2D eigenvalue weighted by Gasteiger charge is 2.31. The van der Waals surface area contributed by atoms with Crippen molar-refractivity contribution in [3.8, 4) is 0 Å². The molecule has 1 amide bonds. The number of carboxylic acid groups (broad SMARTS) is 1. The molecule has 4 nitrogen and oxygen atoms in total. The summed E-state index contributed by atoms with van der Waals surface area (Å²) in [6.07, 6.45) is -4.62. The van der Waals surface area contributed by atoms with Crippen LogP contribution >= 0.6 is 0 Å². The maximum absolute atomic E-state index is 12.4. The molecule has 0 saturated heterocycles. The molecule has 8 heteroatoms. The lowest BCUT2D eigenvalue weighted by Crippen LogP contribution is -2.42. The van der Waals surface area contributed by atoms with Crippen LogP contribution in [0.3, 0.4) is 0 Å². The Labute approximate surface area is 105 Å². The molecular weight excluding hydrogens is 270 g/mol. The first-order chi connectivity index (χ1) is 8.75. The number of hydrogen-bond acceptors (Lipinski definition) is 2. The predicted octanol–water partition coefficient (Wildman–Crippen LogP) is 1.86. The Morgan fingerprint density at radius 3 is 2.42 bits per heavy atom. The molecule has 0 aliphatic carbocycles. The second-order valence-corrected chi connectivity index (χ2v) is 3.60. The van der Waals surface area contributed by atoms with E-state index in [1.165, 1.54) is 0 Å². The Balaban J connectivity index is 2.92. The van der Waals surface area contributed by atoms with Crippen LogP contribution in [0.25, 0.3) is 0 Å². The molecule has 0 aromatic heterocycles. The lowest BCUT2D eigenvalue weighted by Gasteiger charge is -2.12. The number of carbonyl (C=O) groups excluding carboxylic acids is 1. The molecule has 1 rings (SSSR count). The van der Waals surface area contributed by atoms with Crippen LogP contribution < -0.4 is 5.32 Å². The summed E-state index contributed by atoms with van der Waals surface area (Å²) in [5.41, 5.74) is -1.44. The van der Waals surface area contributed by atoms with Gasteiger partial charge in [-0.05, 0) is 18.2 Å². The fourth-order valence-electron chi connectivity index (χ4n) is 1.24. The lowest BCUT2D eigenvalue weighted by molar-refractivity contribution is -0.140. The third-order valence-corrected chi connectivity index (χ3v) is 2.21. The Kier molecular flexibility index (Phi) is 4.47. The van der Waals surface area contributed by atoms with E-state index in [2.05, 4.69) is 0 Å². The van der Waals surface area contributed by atoms with E-state index in [1.807, 2.05) is 0 Å². The van der Waals surface area contributed by atoms with E-state index in [9.17, 15) is 27.2 Å². The summed E-state index contributed by atoms with van der Waals surface area (Å²) in [7, 11) is 0. The smallest absolute Gasteiger partial charge is 0.416 e. The molecule has 1 atom stereocenters. The molecule has 0 saturated carbocycles. The zero-order valence-electron chi connectivity index (χ0n) is 9.37. The Bertz CT molecular complexity index is 487. The normalized spacial score (nSPS) is 12.8. The van der Waals surface area contributed by atoms with Gasteiger partial charge in [-0.1, -0.05) is 6.07 Å². The average molecular weight is 279 g/mol. The van der Waals surface area contributed by atoms with Crippen molar-refractivity contribution in [2.24, 2.45) is 0 Å². The zero-order chi connectivity index (χ0) is 14.6. The number of alkyl halides is 4. The van der Waals surface area contributed by atoms with Crippen LogP contribution in [0.4, 0.5) is 17.6 Å². The fourth-order valence-corrected chi connectivity index (χ4v) is 1.24. The highest BCUT2D eigenvalue weighted by atomic mass is 19.4. The number of carboxylic acids is 1. The molecule has 0 aliphatic heterocycles. The summed E-state index contributed by atoms with van der Waals surface area (Å²) < 4.78 is 49.5. The predicted molar refractivity (Wildman–Crippen MR) is 56.3 cm³/mol. The van der Waals surface area contributed by atoms with E-state index >= 15 is 0 Å². The van der Waals surface area contributed by atoms with Crippen LogP contribution in [0.15, 0.2) is 24.3 Å². The Morgan fingerprint density at radius 1 is 1.32 bits per heavy atom. The molecule has 19 heavy (non-hydrogen) atoms. The van der Waals surface area contributed by atoms with Crippen LogP contribution in [0.5, 0.6) is 0 Å². The van der Waals surface area contributed by atoms with Crippen molar-refractivity contribution in [1.29, 1.82) is 0 Å². The molecule has 2 N–H and O–H groups in total. The SMILES string of the molecule is O=C(NC(CF)C(=O)O)c1cccc(C(F)(F)F)c1. The van der Waals surface area contributed by atoms with Gasteiger partial charge in [-0.25, -0.2) is 9.18 Å². The third kappa shape index (κ3) is 3.94. The van der Waals surface area contributed by atoms with Crippen LogP contribution in [0, 0.1) is 0 Å². The molecule has 1 aromatic carbocycles. The van der Waals surface area contributed by atoms with E-state index in [0.717, 1.165) is 18.2 Å². The van der Waals surface area contributed by atoms with Crippen LogP contribution in [-0.2, 0) is 11.0 Å². The van der Waals surface area contributed by atoms with E-state index in [4.69, 9.17) is 5.11 Å². The van der Waals surface area contributed by atoms with Crippen molar-refractivity contribution >= 4 is 11.9 Å². The van der Waals surface area contributed by atoms with Gasteiger partial charge in [-0.15, -0.1) is 0 Å². The molecular formula is C11H9F4NO3. The van der Waals surface area contributed by atoms with Gasteiger partial charge in [0.25, 0.3) is 5.91 Å². The molecule has 0 heterocycles. The minimum Gasteiger partial charge on any atom is -0.480 e. The van der Waals surface area contributed by atoms with Crippen molar-refractivity contribution in [3.05, 3.63) is 35.4 Å². The van der Waals surface area contributed by atoms with Crippen molar-refractivity contribution in [2.45, 2.75) is 12.2 Å². The van der Waals surface area contributed by atoms with Gasteiger partial charge in [0.1, 0.15) is 6.67 Å². The quantitative estimate of drug-likeness (QED) is 0.827. The van der Waals surface area contributed by atoms with Gasteiger partial charge in [0.2, 0.25) is 0 Å². The maximum atomic E-state index is 12.4. The number of hydrogen-bond donors (Lipinski definition) is 2. The van der Waals surface area contributed by atoms with Gasteiger partial charge < -0.3 is 10.4 Å². The van der Waals surface area contributed by atoms with E-state index in [0.29, 0.717) is 6.07 Å². The fraction of sp³-hybridized carbons (Fsp3) is 0.273. The maximum Gasteiger partial charge on any atom is 0.416 e. The van der Waals surface area contributed by atoms with Crippen molar-refractivity contribution in [3.63, 3.8) is 0 Å². The van der Waals surface area contributed by atoms with Crippen molar-refractivity contribution in [1.82, 2.24) is 5.32 Å². The number of amides is 1. The monoisotopic (exact) mass is 279 g/mol. The minimum absolute atomic E-state index is 0.394. The summed E-state index contributed by atoms with van der Waals surface area (Å²) in [5.74, 6) is -2.70. The van der Waals surface area contributed by atoms with Gasteiger partial charge in [0, 0.05) is 5.56 Å². The highest BCUT2D eigenvalue weighted by molar-refractivity contribution is 5.96. The van der Waals surface area contributed by atoms with Gasteiger partial charge in [-0.3, -0.25) is 4.79 Å². The Morgan fingerprint density at radius 2 is 1.95 bits per heavy atom. The average Bonchev–Trinajstić information content (AvgIpc) is 2.34. The molecule has 0 fully saturated rings. The van der Waals surface area contributed by atoms with Crippen molar-refractivity contribution in [2.75, 3.05) is 6.67 Å². The molecule has 0 aliphatic rings. The Hall–Kier alpha value is -2.12. The van der Waals surface area contributed by atoms with Crippen molar-refractivity contribution < 1.29 is 32.3 Å². The van der Waals surface area contributed by atoms with Crippen LogP contribution in [0.2, 0.25) is 0 Å². The largest absolute Gasteiger partial charge is 0.480 e. The first kappa shape index (κ1) is 14.9. The second kappa shape index (κ2) is 5.68. The first-order valence-electron chi connectivity index (χ1n) is 5.02. The minimum atomic E-state index is -4.62. The second-order valence-electron chi connectivity index (χ2n) is 3.60.